The van der Waals surface area contributed by atoms with Crippen LogP contribution in [-0.2, 0) is 9.22 Å². The van der Waals surface area contributed by atoms with Gasteiger partial charge in [-0.15, -0.1) is 0 Å². The van der Waals surface area contributed by atoms with Crippen molar-refractivity contribution in [3.8, 4) is 0 Å². The van der Waals surface area contributed by atoms with Crippen molar-refractivity contribution in [2.75, 3.05) is 0 Å². The van der Waals surface area contributed by atoms with Crippen LogP contribution in [0.3, 0.4) is 0 Å². The molecule has 3 nitrogen and oxygen atoms in total. The second kappa shape index (κ2) is 5.15. The molecule has 0 saturated carbocycles. The molecule has 0 spiro atoms. The van der Waals surface area contributed by atoms with Crippen LogP contribution in [0.2, 0.25) is 18.1 Å². The van der Waals surface area contributed by atoms with Gasteiger partial charge in [-0.25, -0.2) is 0 Å². The fourth-order valence-corrected chi connectivity index (χ4v) is 3.93. The Hall–Kier alpha value is 0.127. The molecule has 1 heterocycles. The van der Waals surface area contributed by atoms with Gasteiger partial charge in [0.2, 0.25) is 5.91 Å². The maximum Gasteiger partial charge on any atom is 0.236 e. The summed E-state index contributed by atoms with van der Waals surface area (Å²) in [6, 6.07) is 0.0709. The minimum absolute atomic E-state index is 0.0000926. The SMILES string of the molecule is CC(C)(C)[C@H](O[Si](C)(C)C(C)(C)C)[C@H]1NC(=O)[C@@H]1Br. The molecule has 112 valence electrons. The van der Waals surface area contributed by atoms with E-state index in [0.717, 1.165) is 0 Å². The predicted molar refractivity (Wildman–Crippen MR) is 86.2 cm³/mol. The second-order valence-corrected chi connectivity index (χ2v) is 13.8. The summed E-state index contributed by atoms with van der Waals surface area (Å²) in [5.74, 6) is 0.0677. The van der Waals surface area contributed by atoms with Gasteiger partial charge in [-0.1, -0.05) is 57.5 Å². The van der Waals surface area contributed by atoms with Gasteiger partial charge in [0.25, 0.3) is 0 Å². The van der Waals surface area contributed by atoms with Gasteiger partial charge >= 0.3 is 0 Å². The van der Waals surface area contributed by atoms with Crippen LogP contribution in [-0.4, -0.2) is 31.2 Å². The van der Waals surface area contributed by atoms with E-state index in [9.17, 15) is 4.79 Å². The number of hydrogen-bond donors (Lipinski definition) is 1. The van der Waals surface area contributed by atoms with Crippen LogP contribution in [0.15, 0.2) is 0 Å². The van der Waals surface area contributed by atoms with E-state index >= 15 is 0 Å². The molecule has 0 bridgehead atoms. The van der Waals surface area contributed by atoms with E-state index in [1.54, 1.807) is 0 Å². The molecule has 0 unspecified atom stereocenters. The number of β-lactam (4-membered cyclic amide) rings is 1. The molecule has 0 aliphatic carbocycles. The average molecular weight is 350 g/mol. The van der Waals surface area contributed by atoms with Crippen molar-refractivity contribution in [3.63, 3.8) is 0 Å². The van der Waals surface area contributed by atoms with Crippen molar-refractivity contribution in [1.29, 1.82) is 0 Å². The maximum atomic E-state index is 11.4. The maximum absolute atomic E-state index is 11.4. The zero-order valence-corrected chi connectivity index (χ0v) is 16.0. The first-order valence-corrected chi connectivity index (χ1v) is 10.7. The lowest BCUT2D eigenvalue weighted by Crippen LogP contribution is -2.69. The van der Waals surface area contributed by atoms with E-state index in [1.165, 1.54) is 0 Å². The number of amides is 1. The Morgan fingerprint density at radius 2 is 1.68 bits per heavy atom. The number of hydrogen-bond acceptors (Lipinski definition) is 2. The van der Waals surface area contributed by atoms with Crippen molar-refractivity contribution in [1.82, 2.24) is 5.32 Å². The Kier molecular flexibility index (Phi) is 4.66. The minimum Gasteiger partial charge on any atom is -0.411 e. The van der Waals surface area contributed by atoms with E-state index in [2.05, 4.69) is 75.9 Å². The molecule has 1 amide bonds. The van der Waals surface area contributed by atoms with Crippen LogP contribution in [0.1, 0.15) is 41.5 Å². The largest absolute Gasteiger partial charge is 0.411 e. The minimum atomic E-state index is -1.85. The molecule has 1 aliphatic rings. The number of rotatable bonds is 3. The molecule has 1 rings (SSSR count). The third-order valence-corrected chi connectivity index (χ3v) is 9.72. The van der Waals surface area contributed by atoms with Crippen molar-refractivity contribution in [3.05, 3.63) is 0 Å². The first-order chi connectivity index (χ1) is 8.27. The summed E-state index contributed by atoms with van der Waals surface area (Å²) in [5, 5.41) is 3.16. The average Bonchev–Trinajstić information content (AvgIpc) is 2.19. The molecular formula is C14H28BrNO2Si. The molecule has 19 heavy (non-hydrogen) atoms. The topological polar surface area (TPSA) is 38.3 Å². The molecule has 3 atom stereocenters. The van der Waals surface area contributed by atoms with Crippen molar-refractivity contribution >= 4 is 30.2 Å². The van der Waals surface area contributed by atoms with Gasteiger partial charge in [-0.3, -0.25) is 4.79 Å². The fraction of sp³-hybridized carbons (Fsp3) is 0.929. The van der Waals surface area contributed by atoms with E-state index < -0.39 is 8.32 Å². The highest BCUT2D eigenvalue weighted by Gasteiger charge is 2.50. The van der Waals surface area contributed by atoms with Crippen LogP contribution in [0.5, 0.6) is 0 Å². The summed E-state index contributed by atoms with van der Waals surface area (Å²) in [7, 11) is -1.85. The monoisotopic (exact) mass is 349 g/mol. The molecule has 1 saturated heterocycles. The van der Waals surface area contributed by atoms with Crippen LogP contribution < -0.4 is 5.32 Å². The number of alkyl halides is 1. The van der Waals surface area contributed by atoms with Crippen LogP contribution in [0.4, 0.5) is 0 Å². The highest BCUT2D eigenvalue weighted by Crippen LogP contribution is 2.41. The van der Waals surface area contributed by atoms with Crippen molar-refractivity contribution < 1.29 is 9.22 Å². The van der Waals surface area contributed by atoms with E-state index in [0.29, 0.717) is 0 Å². The predicted octanol–water partition coefficient (Wildman–Crippen LogP) is 3.68. The Morgan fingerprint density at radius 3 is 1.95 bits per heavy atom. The van der Waals surface area contributed by atoms with Gasteiger partial charge in [-0.2, -0.15) is 0 Å². The van der Waals surface area contributed by atoms with Gasteiger partial charge in [0, 0.05) is 0 Å². The zero-order chi connectivity index (χ0) is 15.2. The molecule has 1 aliphatic heterocycles. The van der Waals surface area contributed by atoms with E-state index in [-0.39, 0.29) is 33.3 Å². The summed E-state index contributed by atoms with van der Waals surface area (Å²) < 4.78 is 6.58. The summed E-state index contributed by atoms with van der Waals surface area (Å²) in [5.41, 5.74) is -0.0000926. The number of carbonyl (C=O) groups excluding carboxylic acids is 1. The summed E-state index contributed by atoms with van der Waals surface area (Å²) in [6.07, 6.45) is 0.0375. The lowest BCUT2D eigenvalue weighted by atomic mass is 9.81. The normalized spacial score (nSPS) is 26.7. The lowest BCUT2D eigenvalue weighted by Gasteiger charge is -2.49. The Bertz CT molecular complexity index is 357. The summed E-state index contributed by atoms with van der Waals surface area (Å²) >= 11 is 3.47. The molecule has 0 aromatic rings. The number of nitrogens with one attached hydrogen (secondary N) is 1. The Morgan fingerprint density at radius 1 is 1.21 bits per heavy atom. The quantitative estimate of drug-likeness (QED) is 0.479. The Labute approximate surface area is 127 Å². The summed E-state index contributed by atoms with van der Waals surface area (Å²) in [4.78, 5) is 11.3. The van der Waals surface area contributed by atoms with Gasteiger partial charge in [-0.05, 0) is 23.5 Å². The van der Waals surface area contributed by atoms with Crippen molar-refractivity contribution in [2.45, 2.75) is 76.6 Å². The highest BCUT2D eigenvalue weighted by molar-refractivity contribution is 9.10. The second-order valence-electron chi connectivity index (χ2n) is 8.10. The van der Waals surface area contributed by atoms with Gasteiger partial charge in [0.15, 0.2) is 8.32 Å². The van der Waals surface area contributed by atoms with Gasteiger partial charge in [0.05, 0.1) is 12.1 Å². The third kappa shape index (κ3) is 3.61. The summed E-state index contributed by atoms with van der Waals surface area (Å²) in [6.45, 7) is 17.8. The van der Waals surface area contributed by atoms with Crippen LogP contribution in [0.25, 0.3) is 0 Å². The van der Waals surface area contributed by atoms with E-state index in [4.69, 9.17) is 4.43 Å². The zero-order valence-electron chi connectivity index (χ0n) is 13.4. The Balaban J connectivity index is 2.92. The van der Waals surface area contributed by atoms with Gasteiger partial charge < -0.3 is 9.74 Å². The first-order valence-electron chi connectivity index (χ1n) is 6.89. The highest BCUT2D eigenvalue weighted by atomic mass is 79.9. The van der Waals surface area contributed by atoms with Crippen LogP contribution in [0, 0.1) is 5.41 Å². The molecule has 0 aromatic carbocycles. The smallest absolute Gasteiger partial charge is 0.236 e. The molecular weight excluding hydrogens is 322 g/mol. The first kappa shape index (κ1) is 17.2. The number of carbonyl (C=O) groups is 1. The molecule has 1 fully saturated rings. The van der Waals surface area contributed by atoms with Crippen LogP contribution >= 0.6 is 15.9 Å². The van der Waals surface area contributed by atoms with E-state index in [1.807, 2.05) is 0 Å². The van der Waals surface area contributed by atoms with Gasteiger partial charge in [0.1, 0.15) is 4.83 Å². The molecule has 0 radical (unpaired) electrons. The molecule has 1 N–H and O–H groups in total. The van der Waals surface area contributed by atoms with Crippen molar-refractivity contribution in [2.24, 2.45) is 5.41 Å². The third-order valence-electron chi connectivity index (χ3n) is 4.28. The number of halogens is 1. The molecule has 0 aromatic heterocycles. The lowest BCUT2D eigenvalue weighted by molar-refractivity contribution is -0.131. The molecule has 5 heteroatoms. The fourth-order valence-electron chi connectivity index (χ4n) is 1.90. The standard InChI is InChI=1S/C14H28BrNO2Si/c1-13(2,3)11(10-9(15)12(17)16-10)18-19(7,8)14(4,5)6/h9-11H,1-8H3,(H,16,17)/t9-,10+,11-/m1/s1.